The zero-order chi connectivity index (χ0) is 17.3. The van der Waals surface area contributed by atoms with Crippen LogP contribution in [0.25, 0.3) is 0 Å². The number of nitrogens with zero attached hydrogens (tertiary/aromatic N) is 2. The van der Waals surface area contributed by atoms with Gasteiger partial charge in [0.05, 0.1) is 0 Å². The van der Waals surface area contributed by atoms with Crippen LogP contribution in [0, 0.1) is 5.92 Å². The van der Waals surface area contributed by atoms with E-state index in [1.165, 1.54) is 13.2 Å². The van der Waals surface area contributed by atoms with Crippen molar-refractivity contribution in [3.8, 4) is 0 Å². The fraction of sp³-hybridized carbons (Fsp3) is 0.353. The van der Waals surface area contributed by atoms with Crippen LogP contribution < -0.4 is 17.0 Å². The van der Waals surface area contributed by atoms with E-state index in [0.717, 1.165) is 10.1 Å². The number of aromatic nitrogens is 2. The molecule has 0 bridgehead atoms. The molecule has 2 heterocycles. The van der Waals surface area contributed by atoms with Gasteiger partial charge in [-0.3, -0.25) is 14.2 Å². The van der Waals surface area contributed by atoms with E-state index in [-0.39, 0.29) is 35.7 Å². The molecule has 1 aromatic carbocycles. The summed E-state index contributed by atoms with van der Waals surface area (Å²) in [6.07, 6.45) is 1.19. The summed E-state index contributed by atoms with van der Waals surface area (Å²) >= 11 is 0. The van der Waals surface area contributed by atoms with Gasteiger partial charge in [-0.25, -0.2) is 4.79 Å². The number of carbonyl (C=O) groups is 1. The van der Waals surface area contributed by atoms with Crippen LogP contribution in [-0.2, 0) is 7.05 Å². The van der Waals surface area contributed by atoms with E-state index in [9.17, 15) is 14.4 Å². The summed E-state index contributed by atoms with van der Waals surface area (Å²) < 4.78 is 0.901. The highest BCUT2D eigenvalue weighted by Gasteiger charge is 2.36. The Labute approximate surface area is 150 Å². The Bertz CT molecular complexity index is 862. The Kier molecular flexibility index (Phi) is 5.81. The summed E-state index contributed by atoms with van der Waals surface area (Å²) in [6.45, 7) is 1.47. The average Bonchev–Trinajstić information content (AvgIpc) is 3.04. The third-order valence-electron chi connectivity index (χ3n) is 4.67. The Morgan fingerprint density at radius 1 is 1.24 bits per heavy atom. The molecule has 3 rings (SSSR count). The lowest BCUT2D eigenvalue weighted by molar-refractivity contribution is 0.0783. The zero-order valence-electron chi connectivity index (χ0n) is 13.8. The Morgan fingerprint density at radius 2 is 1.92 bits per heavy atom. The Morgan fingerprint density at radius 3 is 2.56 bits per heavy atom. The van der Waals surface area contributed by atoms with Gasteiger partial charge in [-0.15, -0.1) is 12.4 Å². The molecule has 1 amide bonds. The molecular formula is C17H21ClN4O3. The topological polar surface area (TPSA) is 101 Å². The van der Waals surface area contributed by atoms with Gasteiger partial charge in [0, 0.05) is 32.3 Å². The first-order valence-corrected chi connectivity index (χ1v) is 7.86. The summed E-state index contributed by atoms with van der Waals surface area (Å²) in [5, 5.41) is 0. The number of hydrogen-bond donors (Lipinski definition) is 2. The first-order valence-electron chi connectivity index (χ1n) is 7.86. The second kappa shape index (κ2) is 7.67. The maximum absolute atomic E-state index is 12.7. The van der Waals surface area contributed by atoms with Crippen molar-refractivity contribution < 1.29 is 4.79 Å². The van der Waals surface area contributed by atoms with Crippen LogP contribution in [0.3, 0.4) is 0 Å². The summed E-state index contributed by atoms with van der Waals surface area (Å²) in [5.41, 5.74) is 5.87. The van der Waals surface area contributed by atoms with Crippen LogP contribution in [-0.4, -0.2) is 40.0 Å². The number of rotatable bonds is 3. The minimum absolute atomic E-state index is 0. The van der Waals surface area contributed by atoms with Crippen LogP contribution in [0.1, 0.15) is 21.8 Å². The van der Waals surface area contributed by atoms with Crippen molar-refractivity contribution in [3.63, 3.8) is 0 Å². The molecule has 1 aliphatic heterocycles. The first kappa shape index (κ1) is 19.0. The number of aromatic amines is 1. The van der Waals surface area contributed by atoms with Gasteiger partial charge in [0.1, 0.15) is 5.56 Å². The van der Waals surface area contributed by atoms with Gasteiger partial charge in [-0.2, -0.15) is 0 Å². The third-order valence-corrected chi connectivity index (χ3v) is 4.67. The lowest BCUT2D eigenvalue weighted by Crippen LogP contribution is -2.40. The standard InChI is InChI=1S/C17H20N4O3.ClH/c1-20-15(22)13(8-19-17(20)24)16(23)21-9-12(7-18)14(10-21)11-5-3-2-4-6-11;/h2-6,8,12,14H,7,9-10,18H2,1H3,(H,19,24);1H/t12-,14+;/m1./s1. The van der Waals surface area contributed by atoms with Crippen molar-refractivity contribution in [1.82, 2.24) is 14.5 Å². The number of nitrogens with one attached hydrogen (secondary N) is 1. The van der Waals surface area contributed by atoms with Crippen molar-refractivity contribution in [1.29, 1.82) is 0 Å². The van der Waals surface area contributed by atoms with Gasteiger partial charge in [-0.05, 0) is 18.0 Å². The van der Waals surface area contributed by atoms with E-state index < -0.39 is 11.2 Å². The van der Waals surface area contributed by atoms with Gasteiger partial charge >= 0.3 is 5.69 Å². The smallest absolute Gasteiger partial charge is 0.328 e. The first-order chi connectivity index (χ1) is 11.5. The summed E-state index contributed by atoms with van der Waals surface area (Å²) in [6, 6.07) is 9.93. The molecule has 0 saturated carbocycles. The molecule has 2 aromatic rings. The van der Waals surface area contributed by atoms with Crippen molar-refractivity contribution >= 4 is 18.3 Å². The van der Waals surface area contributed by atoms with Crippen molar-refractivity contribution in [2.45, 2.75) is 5.92 Å². The van der Waals surface area contributed by atoms with Crippen LogP contribution >= 0.6 is 12.4 Å². The maximum Gasteiger partial charge on any atom is 0.328 e. The van der Waals surface area contributed by atoms with Crippen LogP contribution in [0.4, 0.5) is 0 Å². The Hall–Kier alpha value is -2.38. The van der Waals surface area contributed by atoms with Crippen LogP contribution in [0.5, 0.6) is 0 Å². The number of amides is 1. The molecule has 0 radical (unpaired) electrons. The highest BCUT2D eigenvalue weighted by Crippen LogP contribution is 2.32. The minimum atomic E-state index is -0.587. The normalized spacial score (nSPS) is 19.5. The third kappa shape index (κ3) is 3.52. The lowest BCUT2D eigenvalue weighted by atomic mass is 9.89. The average molecular weight is 365 g/mol. The molecule has 0 aliphatic carbocycles. The lowest BCUT2D eigenvalue weighted by Gasteiger charge is -2.16. The van der Waals surface area contributed by atoms with E-state index in [4.69, 9.17) is 5.73 Å². The molecule has 1 aliphatic rings. The predicted octanol–water partition coefficient (Wildman–Crippen LogP) is 0.310. The minimum Gasteiger partial charge on any atom is -0.337 e. The molecule has 134 valence electrons. The predicted molar refractivity (Wildman–Crippen MR) is 97.2 cm³/mol. The number of nitrogens with two attached hydrogens (primary N) is 1. The van der Waals surface area contributed by atoms with Crippen molar-refractivity contribution in [2.24, 2.45) is 18.7 Å². The van der Waals surface area contributed by atoms with Crippen LogP contribution in [0.2, 0.25) is 0 Å². The molecule has 8 heteroatoms. The number of hydrogen-bond acceptors (Lipinski definition) is 4. The molecule has 25 heavy (non-hydrogen) atoms. The van der Waals surface area contributed by atoms with E-state index in [2.05, 4.69) is 4.98 Å². The molecule has 0 spiro atoms. The fourth-order valence-corrected chi connectivity index (χ4v) is 3.24. The number of likely N-dealkylation sites (tertiary alicyclic amines) is 1. The SMILES string of the molecule is Cl.Cn1c(=O)[nH]cc(C(=O)N2C[C@@H](CN)[C@H](c3ccccc3)C2)c1=O. The zero-order valence-corrected chi connectivity index (χ0v) is 14.7. The van der Waals surface area contributed by atoms with E-state index in [0.29, 0.717) is 19.6 Å². The summed E-state index contributed by atoms with van der Waals surface area (Å²) in [5.74, 6) is -0.0848. The number of H-pyrrole nitrogens is 1. The van der Waals surface area contributed by atoms with Gasteiger partial charge in [-0.1, -0.05) is 30.3 Å². The highest BCUT2D eigenvalue weighted by molar-refractivity contribution is 5.93. The number of benzene rings is 1. The van der Waals surface area contributed by atoms with Gasteiger partial charge in [0.2, 0.25) is 0 Å². The molecule has 0 unspecified atom stereocenters. The second-order valence-corrected chi connectivity index (χ2v) is 6.09. The summed E-state index contributed by atoms with van der Waals surface area (Å²) in [4.78, 5) is 40.4. The molecule has 1 aromatic heterocycles. The monoisotopic (exact) mass is 364 g/mol. The molecule has 3 N–H and O–H groups in total. The van der Waals surface area contributed by atoms with Gasteiger partial charge < -0.3 is 15.6 Å². The molecule has 7 nitrogen and oxygen atoms in total. The van der Waals surface area contributed by atoms with E-state index in [1.807, 2.05) is 30.3 Å². The molecular weight excluding hydrogens is 344 g/mol. The largest absolute Gasteiger partial charge is 0.337 e. The van der Waals surface area contributed by atoms with E-state index in [1.54, 1.807) is 4.90 Å². The fourth-order valence-electron chi connectivity index (χ4n) is 3.24. The molecule has 1 saturated heterocycles. The molecule has 1 fully saturated rings. The second-order valence-electron chi connectivity index (χ2n) is 6.09. The van der Waals surface area contributed by atoms with Gasteiger partial charge in [0.25, 0.3) is 11.5 Å². The van der Waals surface area contributed by atoms with Crippen LogP contribution in [0.15, 0.2) is 46.1 Å². The van der Waals surface area contributed by atoms with Crippen molar-refractivity contribution in [2.75, 3.05) is 19.6 Å². The van der Waals surface area contributed by atoms with Crippen molar-refractivity contribution in [3.05, 3.63) is 68.5 Å². The highest BCUT2D eigenvalue weighted by atomic mass is 35.5. The number of halogens is 1. The van der Waals surface area contributed by atoms with E-state index >= 15 is 0 Å². The maximum atomic E-state index is 12.7. The quantitative estimate of drug-likeness (QED) is 0.818. The van der Waals surface area contributed by atoms with Gasteiger partial charge in [0.15, 0.2) is 0 Å². The Balaban J connectivity index is 0.00000225. The number of carbonyl (C=O) groups excluding carboxylic acids is 1. The summed E-state index contributed by atoms with van der Waals surface area (Å²) in [7, 11) is 1.34. The molecule has 2 atom stereocenters.